The standard InChI is InChI=1S/C23H16F6N4O4/c1-35-18-5-3-2-4-14(18)19-9-17(32-37-19)21(34)36-20-16(30)11-33(31-20)10-12-6-7-13(22(24,25)26)8-15(12)23(27,28)29/h2-9,11H,10,30H2,1H3. The zero-order valence-corrected chi connectivity index (χ0v) is 18.7. The van der Waals surface area contributed by atoms with E-state index in [2.05, 4.69) is 10.3 Å². The van der Waals surface area contributed by atoms with E-state index in [1.54, 1.807) is 24.3 Å². The number of esters is 1. The van der Waals surface area contributed by atoms with Gasteiger partial charge in [-0.3, -0.25) is 4.68 Å². The minimum Gasteiger partial charge on any atom is -0.496 e. The Bertz CT molecular complexity index is 1440. The molecule has 0 radical (unpaired) electrons. The van der Waals surface area contributed by atoms with Crippen LogP contribution < -0.4 is 15.2 Å². The number of nitrogen functional groups attached to an aromatic ring is 1. The van der Waals surface area contributed by atoms with E-state index in [-0.39, 0.29) is 23.2 Å². The first-order valence-electron chi connectivity index (χ1n) is 10.3. The predicted octanol–water partition coefficient (Wildman–Crippen LogP) is 5.43. The first kappa shape index (κ1) is 25.6. The summed E-state index contributed by atoms with van der Waals surface area (Å²) >= 11 is 0. The summed E-state index contributed by atoms with van der Waals surface area (Å²) in [6, 6.07) is 9.32. The maximum atomic E-state index is 13.4. The number of carbonyl (C=O) groups is 1. The van der Waals surface area contributed by atoms with Crippen molar-refractivity contribution in [3.05, 3.63) is 77.1 Å². The predicted molar refractivity (Wildman–Crippen MR) is 116 cm³/mol. The second-order valence-corrected chi connectivity index (χ2v) is 7.62. The van der Waals surface area contributed by atoms with Crippen molar-refractivity contribution in [2.75, 3.05) is 12.8 Å². The number of para-hydroxylation sites is 1. The highest BCUT2D eigenvalue weighted by Gasteiger charge is 2.38. The van der Waals surface area contributed by atoms with Gasteiger partial charge in [-0.15, -0.1) is 5.10 Å². The topological polar surface area (TPSA) is 105 Å². The highest BCUT2D eigenvalue weighted by Crippen LogP contribution is 2.38. The van der Waals surface area contributed by atoms with Gasteiger partial charge in [0.1, 0.15) is 11.4 Å². The van der Waals surface area contributed by atoms with E-state index in [9.17, 15) is 31.1 Å². The summed E-state index contributed by atoms with van der Waals surface area (Å²) in [6.45, 7) is -0.601. The minimum atomic E-state index is -5.06. The molecule has 2 aromatic carbocycles. The van der Waals surface area contributed by atoms with Gasteiger partial charge in [0.25, 0.3) is 5.88 Å². The first-order chi connectivity index (χ1) is 17.4. The molecule has 0 atom stereocenters. The van der Waals surface area contributed by atoms with E-state index < -0.39 is 47.4 Å². The van der Waals surface area contributed by atoms with Crippen LogP contribution in [0.3, 0.4) is 0 Å². The molecule has 0 fully saturated rings. The van der Waals surface area contributed by atoms with Crippen molar-refractivity contribution in [1.29, 1.82) is 0 Å². The molecule has 0 saturated heterocycles. The van der Waals surface area contributed by atoms with Crippen molar-refractivity contribution in [3.63, 3.8) is 0 Å². The van der Waals surface area contributed by atoms with Crippen LogP contribution in [0.5, 0.6) is 11.6 Å². The Kier molecular flexibility index (Phi) is 6.59. The molecule has 0 spiro atoms. The fraction of sp³-hybridized carbons (Fsp3) is 0.174. The fourth-order valence-electron chi connectivity index (χ4n) is 3.40. The van der Waals surface area contributed by atoms with Crippen molar-refractivity contribution in [1.82, 2.24) is 14.9 Å². The summed E-state index contributed by atoms with van der Waals surface area (Å²) in [5.41, 5.74) is 2.39. The minimum absolute atomic E-state index is 0.0208. The number of hydrogen-bond donors (Lipinski definition) is 1. The van der Waals surface area contributed by atoms with Crippen LogP contribution in [0.2, 0.25) is 0 Å². The number of benzene rings is 2. The number of halogens is 6. The van der Waals surface area contributed by atoms with Gasteiger partial charge in [0.05, 0.1) is 36.5 Å². The van der Waals surface area contributed by atoms with E-state index in [0.717, 1.165) is 10.9 Å². The number of carbonyl (C=O) groups excluding carboxylic acids is 1. The van der Waals surface area contributed by atoms with Crippen LogP contribution in [0.4, 0.5) is 32.0 Å². The molecule has 0 amide bonds. The molecule has 2 aromatic heterocycles. The fourth-order valence-corrected chi connectivity index (χ4v) is 3.40. The van der Waals surface area contributed by atoms with E-state index in [0.29, 0.717) is 23.4 Å². The lowest BCUT2D eigenvalue weighted by molar-refractivity contribution is -0.143. The number of hydrogen-bond acceptors (Lipinski definition) is 7. The molecular formula is C23H16F6N4O4. The number of nitrogens with two attached hydrogens (primary N) is 1. The summed E-state index contributed by atoms with van der Waals surface area (Å²) in [4.78, 5) is 12.5. The van der Waals surface area contributed by atoms with E-state index in [1.165, 1.54) is 13.2 Å². The Hall–Kier alpha value is -4.49. The molecular weight excluding hydrogens is 510 g/mol. The van der Waals surface area contributed by atoms with Crippen molar-refractivity contribution >= 4 is 11.7 Å². The summed E-state index contributed by atoms with van der Waals surface area (Å²) in [7, 11) is 1.45. The quantitative estimate of drug-likeness (QED) is 0.264. The normalized spacial score (nSPS) is 12.0. The monoisotopic (exact) mass is 526 g/mol. The molecule has 8 nitrogen and oxygen atoms in total. The van der Waals surface area contributed by atoms with Crippen LogP contribution in [0, 0.1) is 0 Å². The Morgan fingerprint density at radius 1 is 1.05 bits per heavy atom. The Morgan fingerprint density at radius 3 is 2.46 bits per heavy atom. The first-order valence-corrected chi connectivity index (χ1v) is 10.3. The SMILES string of the molecule is COc1ccccc1-c1cc(C(=O)Oc2nn(Cc3ccc(C(F)(F)F)cc3C(F)(F)F)cc2N)no1. The Labute approximate surface area is 204 Å². The summed E-state index contributed by atoms with van der Waals surface area (Å²) in [5, 5.41) is 7.48. The Balaban J connectivity index is 1.54. The molecule has 0 aliphatic heterocycles. The Morgan fingerprint density at radius 2 is 1.78 bits per heavy atom. The van der Waals surface area contributed by atoms with Crippen LogP contribution in [0.25, 0.3) is 11.3 Å². The average Bonchev–Trinajstić information content (AvgIpc) is 3.45. The van der Waals surface area contributed by atoms with E-state index >= 15 is 0 Å². The molecule has 2 N–H and O–H groups in total. The highest BCUT2D eigenvalue weighted by molar-refractivity contribution is 5.90. The zero-order chi connectivity index (χ0) is 27.0. The van der Waals surface area contributed by atoms with Gasteiger partial charge in [-0.2, -0.15) is 26.3 Å². The van der Waals surface area contributed by atoms with Gasteiger partial charge in [0, 0.05) is 6.07 Å². The number of aromatic nitrogens is 3. The van der Waals surface area contributed by atoms with Crippen LogP contribution in [-0.4, -0.2) is 28.0 Å². The number of anilines is 1. The van der Waals surface area contributed by atoms with E-state index in [4.69, 9.17) is 19.7 Å². The van der Waals surface area contributed by atoms with Crippen LogP contribution in [0.1, 0.15) is 27.2 Å². The van der Waals surface area contributed by atoms with Crippen molar-refractivity contribution in [2.24, 2.45) is 0 Å². The van der Waals surface area contributed by atoms with Crippen molar-refractivity contribution < 1.29 is 45.1 Å². The molecule has 0 bridgehead atoms. The number of nitrogens with zero attached hydrogens (tertiary/aromatic N) is 3. The van der Waals surface area contributed by atoms with Gasteiger partial charge in [0.15, 0.2) is 11.5 Å². The summed E-state index contributed by atoms with van der Waals surface area (Å²) in [6.07, 6.45) is -8.94. The second kappa shape index (κ2) is 9.52. The smallest absolute Gasteiger partial charge is 0.416 e. The van der Waals surface area contributed by atoms with Gasteiger partial charge < -0.3 is 19.7 Å². The molecule has 0 aliphatic carbocycles. The van der Waals surface area contributed by atoms with Crippen LogP contribution in [0.15, 0.2) is 59.3 Å². The maximum Gasteiger partial charge on any atom is 0.416 e. The van der Waals surface area contributed by atoms with Crippen molar-refractivity contribution in [2.45, 2.75) is 18.9 Å². The zero-order valence-electron chi connectivity index (χ0n) is 18.7. The molecule has 37 heavy (non-hydrogen) atoms. The summed E-state index contributed by atoms with van der Waals surface area (Å²) in [5.74, 6) is -0.799. The van der Waals surface area contributed by atoms with Crippen molar-refractivity contribution in [3.8, 4) is 23.0 Å². The molecule has 4 rings (SSSR count). The third-order valence-corrected chi connectivity index (χ3v) is 5.11. The largest absolute Gasteiger partial charge is 0.496 e. The van der Waals surface area contributed by atoms with Gasteiger partial charge in [-0.1, -0.05) is 23.4 Å². The molecule has 194 valence electrons. The second-order valence-electron chi connectivity index (χ2n) is 7.62. The van der Waals surface area contributed by atoms with Gasteiger partial charge >= 0.3 is 18.3 Å². The van der Waals surface area contributed by atoms with Gasteiger partial charge in [0.2, 0.25) is 0 Å². The molecule has 0 unspecified atom stereocenters. The molecule has 4 aromatic rings. The lowest BCUT2D eigenvalue weighted by Gasteiger charge is -2.16. The maximum absolute atomic E-state index is 13.4. The molecule has 0 aliphatic rings. The number of ether oxygens (including phenoxy) is 2. The third kappa shape index (κ3) is 5.52. The summed E-state index contributed by atoms with van der Waals surface area (Å²) < 4.78 is 95.4. The number of methoxy groups -OCH3 is 1. The molecule has 0 saturated carbocycles. The van der Waals surface area contributed by atoms with Crippen LogP contribution in [-0.2, 0) is 18.9 Å². The van der Waals surface area contributed by atoms with Crippen LogP contribution >= 0.6 is 0 Å². The number of alkyl halides is 6. The van der Waals surface area contributed by atoms with Gasteiger partial charge in [-0.05, 0) is 29.8 Å². The number of rotatable bonds is 6. The molecule has 2 heterocycles. The molecule has 14 heteroatoms. The highest BCUT2D eigenvalue weighted by atomic mass is 19.4. The van der Waals surface area contributed by atoms with E-state index in [1.807, 2.05) is 0 Å². The third-order valence-electron chi connectivity index (χ3n) is 5.11. The lowest BCUT2D eigenvalue weighted by Crippen LogP contribution is -2.15. The average molecular weight is 526 g/mol. The lowest BCUT2D eigenvalue weighted by atomic mass is 10.0. The van der Waals surface area contributed by atoms with Gasteiger partial charge in [-0.25, -0.2) is 4.79 Å².